The van der Waals surface area contributed by atoms with Gasteiger partial charge < -0.3 is 15.8 Å². The van der Waals surface area contributed by atoms with Gasteiger partial charge in [0.15, 0.2) is 0 Å². The highest BCUT2D eigenvalue weighted by atomic mass is 32.1. The van der Waals surface area contributed by atoms with Gasteiger partial charge in [0.25, 0.3) is 5.91 Å². The Morgan fingerprint density at radius 3 is 2.89 bits per heavy atom. The van der Waals surface area contributed by atoms with Gasteiger partial charge in [-0.3, -0.25) is 4.79 Å². The minimum absolute atomic E-state index is 0.0144. The molecule has 0 saturated heterocycles. The number of thiophene rings is 1. The largest absolute Gasteiger partial charge is 0.409 e. The predicted octanol–water partition coefficient (Wildman–Crippen LogP) is 1.77. The molecule has 1 aromatic heterocycles. The van der Waals surface area contributed by atoms with Crippen LogP contribution in [0.15, 0.2) is 16.6 Å². The topological polar surface area (TPSA) is 78.9 Å². The molecule has 0 saturated carbocycles. The molecule has 0 radical (unpaired) electrons. The summed E-state index contributed by atoms with van der Waals surface area (Å²) < 4.78 is 0. The summed E-state index contributed by atoms with van der Waals surface area (Å²) in [5.74, 6) is -0.0510. The molecule has 1 aromatic rings. The Kier molecular flexibility index (Phi) is 5.15. The van der Waals surface area contributed by atoms with Crippen molar-refractivity contribution in [2.45, 2.75) is 20.3 Å². The third kappa shape index (κ3) is 3.22. The summed E-state index contributed by atoms with van der Waals surface area (Å²) >= 11 is 1.45. The maximum absolute atomic E-state index is 12.2. The molecular formula is C12H19N3O2S. The lowest BCUT2D eigenvalue weighted by Crippen LogP contribution is -2.36. The van der Waals surface area contributed by atoms with Crippen molar-refractivity contribution in [1.29, 1.82) is 0 Å². The number of nitrogens with zero attached hydrogens (tertiary/aromatic N) is 2. The van der Waals surface area contributed by atoms with Gasteiger partial charge in [-0.25, -0.2) is 0 Å². The van der Waals surface area contributed by atoms with Crippen molar-refractivity contribution < 1.29 is 10.0 Å². The van der Waals surface area contributed by atoms with Crippen molar-refractivity contribution in [3.8, 4) is 0 Å². The standard InChI is InChI=1S/C12H19N3O2S/c1-4-9-5-6-18-10(9)12(16)15(3)7-8(2)11(13)14-17/h5-6,8,17H,4,7H2,1-3H3,(H2,13,14). The second-order valence-electron chi connectivity index (χ2n) is 4.24. The Bertz CT molecular complexity index is 442. The van der Waals surface area contributed by atoms with Crippen molar-refractivity contribution in [2.75, 3.05) is 13.6 Å². The highest BCUT2D eigenvalue weighted by molar-refractivity contribution is 7.12. The molecule has 100 valence electrons. The van der Waals surface area contributed by atoms with Crippen LogP contribution in [0.3, 0.4) is 0 Å². The van der Waals surface area contributed by atoms with Crippen LogP contribution in [0.25, 0.3) is 0 Å². The van der Waals surface area contributed by atoms with Crippen molar-refractivity contribution in [3.05, 3.63) is 21.9 Å². The van der Waals surface area contributed by atoms with Crippen molar-refractivity contribution in [1.82, 2.24) is 4.90 Å². The highest BCUT2D eigenvalue weighted by Crippen LogP contribution is 2.19. The molecule has 0 aromatic carbocycles. The summed E-state index contributed by atoms with van der Waals surface area (Å²) in [6.07, 6.45) is 0.841. The number of amidine groups is 1. The summed E-state index contributed by atoms with van der Waals surface area (Å²) in [5.41, 5.74) is 6.57. The van der Waals surface area contributed by atoms with Crippen LogP contribution in [0.2, 0.25) is 0 Å². The number of amides is 1. The summed E-state index contributed by atoms with van der Waals surface area (Å²) in [6.45, 7) is 4.27. The van der Waals surface area contributed by atoms with E-state index in [2.05, 4.69) is 5.16 Å². The first kappa shape index (κ1) is 14.5. The number of hydrogen-bond donors (Lipinski definition) is 2. The Morgan fingerprint density at radius 2 is 2.33 bits per heavy atom. The highest BCUT2D eigenvalue weighted by Gasteiger charge is 2.19. The first-order valence-corrected chi connectivity index (χ1v) is 6.68. The molecule has 0 spiro atoms. The zero-order valence-electron chi connectivity index (χ0n) is 10.9. The van der Waals surface area contributed by atoms with Crippen LogP contribution in [0.5, 0.6) is 0 Å². The summed E-state index contributed by atoms with van der Waals surface area (Å²) in [6, 6.07) is 1.97. The molecule has 3 N–H and O–H groups in total. The zero-order chi connectivity index (χ0) is 13.7. The van der Waals surface area contributed by atoms with Gasteiger partial charge in [0, 0.05) is 19.5 Å². The van der Waals surface area contributed by atoms with Crippen LogP contribution in [0.4, 0.5) is 0 Å². The van der Waals surface area contributed by atoms with Gasteiger partial charge in [-0.1, -0.05) is 19.0 Å². The normalized spacial score (nSPS) is 13.4. The summed E-state index contributed by atoms with van der Waals surface area (Å²) in [5, 5.41) is 13.5. The fourth-order valence-electron chi connectivity index (χ4n) is 1.66. The molecule has 1 unspecified atom stereocenters. The van der Waals surface area contributed by atoms with Crippen molar-refractivity contribution >= 4 is 23.1 Å². The van der Waals surface area contributed by atoms with E-state index in [1.165, 1.54) is 11.3 Å². The van der Waals surface area contributed by atoms with Crippen molar-refractivity contribution in [3.63, 3.8) is 0 Å². The SMILES string of the molecule is CCc1ccsc1C(=O)N(C)CC(C)C(N)=NO. The fraction of sp³-hybridized carbons (Fsp3) is 0.500. The molecule has 0 aliphatic heterocycles. The van der Waals surface area contributed by atoms with E-state index in [1.54, 1.807) is 11.9 Å². The Hall–Kier alpha value is -1.56. The van der Waals surface area contributed by atoms with Crippen LogP contribution < -0.4 is 5.73 Å². The first-order chi connectivity index (χ1) is 8.51. The molecule has 6 heteroatoms. The molecule has 1 atom stereocenters. The van der Waals surface area contributed by atoms with E-state index in [9.17, 15) is 4.79 Å². The molecule has 1 heterocycles. The minimum atomic E-state index is -0.172. The van der Waals surface area contributed by atoms with Crippen LogP contribution in [0, 0.1) is 5.92 Å². The molecule has 1 amide bonds. The third-order valence-corrected chi connectivity index (χ3v) is 3.78. The second-order valence-corrected chi connectivity index (χ2v) is 5.16. The molecule has 1 rings (SSSR count). The van der Waals surface area contributed by atoms with E-state index in [1.807, 2.05) is 25.3 Å². The average molecular weight is 269 g/mol. The van der Waals surface area contributed by atoms with Gasteiger partial charge in [0.2, 0.25) is 0 Å². The Balaban J connectivity index is 2.73. The van der Waals surface area contributed by atoms with Gasteiger partial charge in [0.1, 0.15) is 5.84 Å². The fourth-order valence-corrected chi connectivity index (χ4v) is 2.65. The van der Waals surface area contributed by atoms with E-state index < -0.39 is 0 Å². The zero-order valence-corrected chi connectivity index (χ0v) is 11.7. The molecule has 5 nitrogen and oxygen atoms in total. The van der Waals surface area contributed by atoms with Gasteiger partial charge in [-0.2, -0.15) is 0 Å². The number of carbonyl (C=O) groups is 1. The molecule has 18 heavy (non-hydrogen) atoms. The average Bonchev–Trinajstić information content (AvgIpc) is 2.84. The molecule has 0 fully saturated rings. The van der Waals surface area contributed by atoms with Crippen LogP contribution in [-0.4, -0.2) is 35.4 Å². The van der Waals surface area contributed by atoms with Crippen LogP contribution in [-0.2, 0) is 6.42 Å². The Labute approximate surface area is 111 Å². The van der Waals surface area contributed by atoms with Crippen LogP contribution >= 0.6 is 11.3 Å². The lowest BCUT2D eigenvalue weighted by molar-refractivity contribution is 0.0790. The third-order valence-electron chi connectivity index (χ3n) is 2.84. The number of rotatable bonds is 5. The van der Waals surface area contributed by atoms with E-state index in [4.69, 9.17) is 10.9 Å². The maximum Gasteiger partial charge on any atom is 0.263 e. The van der Waals surface area contributed by atoms with E-state index >= 15 is 0 Å². The van der Waals surface area contributed by atoms with Gasteiger partial charge in [0.05, 0.1) is 4.88 Å². The summed E-state index contributed by atoms with van der Waals surface area (Å²) in [7, 11) is 1.72. The lowest BCUT2D eigenvalue weighted by atomic mass is 10.1. The van der Waals surface area contributed by atoms with Gasteiger partial charge >= 0.3 is 0 Å². The first-order valence-electron chi connectivity index (χ1n) is 5.80. The molecule has 0 aliphatic rings. The summed E-state index contributed by atoms with van der Waals surface area (Å²) in [4.78, 5) is 14.6. The monoisotopic (exact) mass is 269 g/mol. The number of hydrogen-bond acceptors (Lipinski definition) is 4. The lowest BCUT2D eigenvalue weighted by Gasteiger charge is -2.20. The van der Waals surface area contributed by atoms with E-state index in [0.717, 1.165) is 16.9 Å². The smallest absolute Gasteiger partial charge is 0.263 e. The van der Waals surface area contributed by atoms with E-state index in [-0.39, 0.29) is 17.7 Å². The Morgan fingerprint density at radius 1 is 1.67 bits per heavy atom. The predicted molar refractivity (Wildman–Crippen MR) is 73.2 cm³/mol. The van der Waals surface area contributed by atoms with Gasteiger partial charge in [-0.05, 0) is 23.4 Å². The maximum atomic E-state index is 12.2. The molecular weight excluding hydrogens is 250 g/mol. The number of nitrogens with two attached hydrogens (primary N) is 1. The number of oxime groups is 1. The number of carbonyl (C=O) groups excluding carboxylic acids is 1. The van der Waals surface area contributed by atoms with E-state index in [0.29, 0.717) is 6.54 Å². The second kappa shape index (κ2) is 6.39. The van der Waals surface area contributed by atoms with Crippen LogP contribution in [0.1, 0.15) is 29.1 Å². The molecule has 0 aliphatic carbocycles. The number of aryl methyl sites for hydroxylation is 1. The molecule has 0 bridgehead atoms. The van der Waals surface area contributed by atoms with Gasteiger partial charge in [-0.15, -0.1) is 11.3 Å². The van der Waals surface area contributed by atoms with Crippen molar-refractivity contribution in [2.24, 2.45) is 16.8 Å². The minimum Gasteiger partial charge on any atom is -0.409 e. The quantitative estimate of drug-likeness (QED) is 0.370.